The number of hydrogen-bond acceptors (Lipinski definition) is 2. The second-order valence-corrected chi connectivity index (χ2v) is 3.08. The summed E-state index contributed by atoms with van der Waals surface area (Å²) in [6, 6.07) is 6.77. The van der Waals surface area contributed by atoms with Gasteiger partial charge in [0.2, 0.25) is 6.20 Å². The first-order valence-corrected chi connectivity index (χ1v) is 4.47. The Morgan fingerprint density at radius 3 is 2.86 bits per heavy atom. The maximum atomic E-state index is 11.7. The molecule has 4 nitrogen and oxygen atoms in total. The Labute approximate surface area is 80.6 Å². The Morgan fingerprint density at radius 1 is 1.43 bits per heavy atom. The molecule has 1 heterocycles. The van der Waals surface area contributed by atoms with Crippen LogP contribution in [-0.4, -0.2) is 4.73 Å². The van der Waals surface area contributed by atoms with Crippen LogP contribution in [-0.2, 0) is 6.42 Å². The van der Waals surface area contributed by atoms with Crippen LogP contribution >= 0.6 is 0 Å². The number of aryl methyl sites for hydroxylation is 1. The van der Waals surface area contributed by atoms with E-state index in [1.807, 2.05) is 6.92 Å². The van der Waals surface area contributed by atoms with Gasteiger partial charge in [0.05, 0.1) is 10.1 Å². The van der Waals surface area contributed by atoms with Gasteiger partial charge in [-0.05, 0) is 12.5 Å². The van der Waals surface area contributed by atoms with Crippen molar-refractivity contribution in [2.24, 2.45) is 0 Å². The molecule has 14 heavy (non-hydrogen) atoms. The van der Waals surface area contributed by atoms with Gasteiger partial charge in [-0.2, -0.15) is 0 Å². The lowest BCUT2D eigenvalue weighted by atomic mass is 10.2. The topological polar surface area (TPSA) is 51.0 Å². The summed E-state index contributed by atoms with van der Waals surface area (Å²) in [7, 11) is 0. The van der Waals surface area contributed by atoms with Gasteiger partial charge in [-0.3, -0.25) is 0 Å². The first-order chi connectivity index (χ1) is 6.74. The van der Waals surface area contributed by atoms with Crippen molar-refractivity contribution < 1.29 is 4.43 Å². The van der Waals surface area contributed by atoms with E-state index in [1.165, 1.54) is 6.20 Å². The number of rotatable bonds is 1. The van der Waals surface area contributed by atoms with Crippen molar-refractivity contribution in [2.75, 3.05) is 0 Å². The van der Waals surface area contributed by atoms with E-state index in [0.29, 0.717) is 23.1 Å². The van der Waals surface area contributed by atoms with E-state index in [1.54, 1.807) is 24.3 Å². The number of fused-ring (bicyclic) bond motifs is 1. The van der Waals surface area contributed by atoms with Crippen molar-refractivity contribution in [1.82, 2.24) is 4.73 Å². The van der Waals surface area contributed by atoms with Crippen molar-refractivity contribution in [3.8, 4) is 0 Å². The molecule has 4 heteroatoms. The summed E-state index contributed by atoms with van der Waals surface area (Å²) in [6.07, 6.45) is 1.88. The second kappa shape index (κ2) is 3.14. The highest BCUT2D eigenvalue weighted by molar-refractivity contribution is 5.71. The lowest BCUT2D eigenvalue weighted by Gasteiger charge is -2.15. The molecule has 0 amide bonds. The number of benzene rings is 1. The fraction of sp³-hybridized carbons (Fsp3) is 0.200. The largest absolute Gasteiger partial charge is 0.805 e. The molecule has 1 aromatic heterocycles. The Bertz CT molecular complexity index is 531. The van der Waals surface area contributed by atoms with Gasteiger partial charge in [-0.25, -0.2) is 0 Å². The van der Waals surface area contributed by atoms with E-state index < -0.39 is 0 Å². The summed E-state index contributed by atoms with van der Waals surface area (Å²) in [6.45, 7) is 1.85. The van der Waals surface area contributed by atoms with Crippen LogP contribution in [0.15, 0.2) is 30.5 Å². The molecule has 0 fully saturated rings. The summed E-state index contributed by atoms with van der Waals surface area (Å²) in [5.41, 5.74) is 1.31. The summed E-state index contributed by atoms with van der Waals surface area (Å²) in [4.78, 5) is 11.5. The highest BCUT2D eigenvalue weighted by Crippen LogP contribution is 2.10. The molecule has 0 aliphatic carbocycles. The predicted octanol–water partition coefficient (Wildman–Crippen LogP) is 1.46. The van der Waals surface area contributed by atoms with Gasteiger partial charge in [-0.15, -0.1) is 0 Å². The summed E-state index contributed by atoms with van der Waals surface area (Å²) in [5.74, 6) is 0. The van der Waals surface area contributed by atoms with Gasteiger partial charge >= 0.3 is 0 Å². The monoisotopic (exact) mass is 190 g/mol. The fourth-order valence-corrected chi connectivity index (χ4v) is 1.47. The highest BCUT2D eigenvalue weighted by atomic mass is 16.5. The molecule has 0 spiro atoms. The van der Waals surface area contributed by atoms with Gasteiger partial charge in [0.25, 0.3) is 5.52 Å². The average molecular weight is 190 g/mol. The zero-order chi connectivity index (χ0) is 10.1. The summed E-state index contributed by atoms with van der Waals surface area (Å²) in [5, 5.41) is 11.7. The molecule has 72 valence electrons. The van der Waals surface area contributed by atoms with Crippen molar-refractivity contribution in [2.45, 2.75) is 13.3 Å². The van der Waals surface area contributed by atoms with Crippen LogP contribution in [0.2, 0.25) is 0 Å². The van der Waals surface area contributed by atoms with E-state index in [0.717, 1.165) is 9.16 Å². The molecule has 1 aromatic carbocycles. The molecule has 0 atom stereocenters. The lowest BCUT2D eigenvalue weighted by molar-refractivity contribution is -0.465. The predicted molar refractivity (Wildman–Crippen MR) is 53.4 cm³/mol. The standard InChI is InChI=1S/C10H10N2O2/c1-2-8-7-11(13)9-5-3-4-6-10(9)12(8)14/h3-7H,2H2,1H3. The lowest BCUT2D eigenvalue weighted by Crippen LogP contribution is -2.19. The van der Waals surface area contributed by atoms with Crippen molar-refractivity contribution >= 4 is 11.0 Å². The van der Waals surface area contributed by atoms with Gasteiger partial charge in [0, 0.05) is 11.0 Å². The zero-order valence-electron chi connectivity index (χ0n) is 7.80. The SMILES string of the molecule is CCc1c[n+](=O)c2ccccc2n1[O-]. The number of hydrogen-bond donors (Lipinski definition) is 0. The van der Waals surface area contributed by atoms with Gasteiger partial charge < -0.3 is 9.94 Å². The maximum Gasteiger partial charge on any atom is 0.285 e. The van der Waals surface area contributed by atoms with Gasteiger partial charge in [0.1, 0.15) is 5.52 Å². The van der Waals surface area contributed by atoms with Crippen LogP contribution in [0.25, 0.3) is 11.0 Å². The molecule has 0 saturated carbocycles. The van der Waals surface area contributed by atoms with Gasteiger partial charge in [0.15, 0.2) is 0 Å². The molecule has 0 N–H and O–H groups in total. The molecule has 0 bridgehead atoms. The Hall–Kier alpha value is -1.84. The normalized spacial score (nSPS) is 10.6. The first kappa shape index (κ1) is 8.74. The molecule has 2 aromatic rings. The summed E-state index contributed by atoms with van der Waals surface area (Å²) >= 11 is 0. The highest BCUT2D eigenvalue weighted by Gasteiger charge is 2.09. The van der Waals surface area contributed by atoms with E-state index in [-0.39, 0.29) is 0 Å². The third kappa shape index (κ3) is 1.16. The second-order valence-electron chi connectivity index (χ2n) is 3.08. The molecule has 0 aliphatic heterocycles. The molecule has 0 unspecified atom stereocenters. The zero-order valence-corrected chi connectivity index (χ0v) is 7.80. The molecule has 0 saturated heterocycles. The molecule has 0 radical (unpaired) electrons. The minimum absolute atomic E-state index is 0.403. The summed E-state index contributed by atoms with van der Waals surface area (Å²) < 4.78 is 1.55. The molecule has 2 rings (SSSR count). The minimum atomic E-state index is 0.403. The van der Waals surface area contributed by atoms with Crippen molar-refractivity contribution in [3.63, 3.8) is 0 Å². The molecular formula is C10H10N2O2. The van der Waals surface area contributed by atoms with Crippen LogP contribution in [0.4, 0.5) is 0 Å². The third-order valence-corrected chi connectivity index (χ3v) is 2.23. The van der Waals surface area contributed by atoms with E-state index in [2.05, 4.69) is 0 Å². The number of nitrogens with zero attached hydrogens (tertiary/aromatic N) is 2. The van der Waals surface area contributed by atoms with E-state index in [4.69, 9.17) is 0 Å². The molecule has 0 aliphatic rings. The Morgan fingerprint density at radius 2 is 2.14 bits per heavy atom. The maximum absolute atomic E-state index is 11.7. The Kier molecular flexibility index (Phi) is 1.96. The quantitative estimate of drug-likeness (QED) is 0.639. The fourth-order valence-electron chi connectivity index (χ4n) is 1.47. The van der Waals surface area contributed by atoms with Crippen LogP contribution in [0.3, 0.4) is 0 Å². The average Bonchev–Trinajstić information content (AvgIpc) is 2.23. The third-order valence-electron chi connectivity index (χ3n) is 2.23. The minimum Gasteiger partial charge on any atom is -0.805 e. The van der Waals surface area contributed by atoms with E-state index in [9.17, 15) is 10.1 Å². The molecular weight excluding hydrogens is 180 g/mol. The van der Waals surface area contributed by atoms with Gasteiger partial charge in [-0.1, -0.05) is 19.1 Å². The van der Waals surface area contributed by atoms with E-state index >= 15 is 0 Å². The van der Waals surface area contributed by atoms with Crippen LogP contribution in [0.5, 0.6) is 0 Å². The smallest absolute Gasteiger partial charge is 0.285 e. The van der Waals surface area contributed by atoms with Crippen LogP contribution in [0.1, 0.15) is 12.6 Å². The Balaban J connectivity index is 2.95. The first-order valence-electron chi connectivity index (χ1n) is 4.47. The van der Waals surface area contributed by atoms with Crippen LogP contribution in [0, 0.1) is 10.1 Å². The number of aromatic nitrogens is 2. The number of para-hydroxylation sites is 2. The van der Waals surface area contributed by atoms with Crippen LogP contribution < -0.4 is 4.43 Å². The van der Waals surface area contributed by atoms with Crippen molar-refractivity contribution in [3.05, 3.63) is 46.3 Å². The van der Waals surface area contributed by atoms with Crippen molar-refractivity contribution in [1.29, 1.82) is 0 Å².